The monoisotopic (exact) mass is 333 g/mol. The average molecular weight is 333 g/mol. The van der Waals surface area contributed by atoms with Crippen molar-refractivity contribution in [2.75, 3.05) is 20.8 Å². The molecule has 3 rings (SSSR count). The Morgan fingerprint density at radius 2 is 1.91 bits per heavy atom. The van der Waals surface area contributed by atoms with Crippen LogP contribution in [0.2, 0.25) is 0 Å². The highest BCUT2D eigenvalue weighted by atomic mass is 32.1. The van der Waals surface area contributed by atoms with Gasteiger partial charge in [-0.05, 0) is 47.9 Å². The quantitative estimate of drug-likeness (QED) is 0.776. The number of benzene rings is 1. The van der Waals surface area contributed by atoms with Crippen LogP contribution >= 0.6 is 11.3 Å². The standard InChI is InChI=1S/C18H23NO3S/c1-21-14-8-13(9-15(10-14)22-2)16(20)11-19-18(12-5-6-12)17-4-3-7-23-17/h3-4,7-10,12,16,18-20H,5-6,11H2,1-2H3. The zero-order valence-corrected chi connectivity index (χ0v) is 14.3. The molecule has 1 aromatic carbocycles. The maximum Gasteiger partial charge on any atom is 0.122 e. The Kier molecular flexibility index (Phi) is 5.20. The van der Waals surface area contributed by atoms with Crippen LogP contribution in [-0.2, 0) is 0 Å². The predicted molar refractivity (Wildman–Crippen MR) is 92.3 cm³/mol. The number of rotatable bonds is 8. The molecule has 2 atom stereocenters. The molecule has 1 aromatic heterocycles. The summed E-state index contributed by atoms with van der Waals surface area (Å²) in [4.78, 5) is 1.35. The summed E-state index contributed by atoms with van der Waals surface area (Å²) in [6.07, 6.45) is 1.93. The number of thiophene rings is 1. The van der Waals surface area contributed by atoms with Crippen LogP contribution in [0.5, 0.6) is 11.5 Å². The van der Waals surface area contributed by atoms with E-state index in [-0.39, 0.29) is 0 Å². The summed E-state index contributed by atoms with van der Waals surface area (Å²) in [7, 11) is 3.23. The second kappa shape index (κ2) is 7.34. The lowest BCUT2D eigenvalue weighted by atomic mass is 10.1. The highest BCUT2D eigenvalue weighted by Crippen LogP contribution is 2.42. The van der Waals surface area contributed by atoms with Gasteiger partial charge in [0.25, 0.3) is 0 Å². The summed E-state index contributed by atoms with van der Waals surface area (Å²) in [5.74, 6) is 2.08. The summed E-state index contributed by atoms with van der Waals surface area (Å²) in [6, 6.07) is 10.1. The number of aliphatic hydroxyl groups excluding tert-OH is 1. The van der Waals surface area contributed by atoms with Crippen LogP contribution in [0.1, 0.15) is 35.4 Å². The molecule has 0 amide bonds. The first-order valence-corrected chi connectivity index (χ1v) is 8.77. The SMILES string of the molecule is COc1cc(OC)cc(C(O)CNC(c2cccs2)C2CC2)c1. The second-order valence-electron chi connectivity index (χ2n) is 5.90. The van der Waals surface area contributed by atoms with Crippen molar-refractivity contribution in [2.24, 2.45) is 5.92 Å². The molecule has 23 heavy (non-hydrogen) atoms. The number of hydrogen-bond acceptors (Lipinski definition) is 5. The van der Waals surface area contributed by atoms with Crippen LogP contribution in [0.25, 0.3) is 0 Å². The molecule has 0 saturated heterocycles. The Hall–Kier alpha value is -1.56. The third-order valence-electron chi connectivity index (χ3n) is 4.23. The lowest BCUT2D eigenvalue weighted by molar-refractivity contribution is 0.167. The van der Waals surface area contributed by atoms with Crippen LogP contribution in [0.3, 0.4) is 0 Å². The Bertz CT molecular complexity index is 603. The number of ether oxygens (including phenoxy) is 2. The fourth-order valence-electron chi connectivity index (χ4n) is 2.78. The molecule has 0 aliphatic heterocycles. The summed E-state index contributed by atoms with van der Waals surface area (Å²) >= 11 is 1.77. The molecule has 0 bridgehead atoms. The molecule has 1 aliphatic carbocycles. The van der Waals surface area contributed by atoms with E-state index in [1.54, 1.807) is 25.6 Å². The van der Waals surface area contributed by atoms with Crippen LogP contribution < -0.4 is 14.8 Å². The fraction of sp³-hybridized carbons (Fsp3) is 0.444. The van der Waals surface area contributed by atoms with Crippen molar-refractivity contribution in [1.82, 2.24) is 5.32 Å². The molecule has 0 spiro atoms. The van der Waals surface area contributed by atoms with Gasteiger partial charge < -0.3 is 19.9 Å². The van der Waals surface area contributed by atoms with E-state index in [4.69, 9.17) is 9.47 Å². The maximum atomic E-state index is 10.5. The molecule has 0 radical (unpaired) electrons. The zero-order chi connectivity index (χ0) is 16.2. The topological polar surface area (TPSA) is 50.7 Å². The average Bonchev–Trinajstić information content (AvgIpc) is 3.28. The Morgan fingerprint density at radius 3 is 2.43 bits per heavy atom. The van der Waals surface area contributed by atoms with E-state index in [9.17, 15) is 5.11 Å². The maximum absolute atomic E-state index is 10.5. The van der Waals surface area contributed by atoms with Crippen molar-refractivity contribution >= 4 is 11.3 Å². The van der Waals surface area contributed by atoms with Crippen molar-refractivity contribution in [3.05, 3.63) is 46.2 Å². The molecule has 2 aromatic rings. The predicted octanol–water partition coefficient (Wildman–Crippen LogP) is 3.54. The zero-order valence-electron chi connectivity index (χ0n) is 13.5. The van der Waals surface area contributed by atoms with Gasteiger partial charge in [0.2, 0.25) is 0 Å². The van der Waals surface area contributed by atoms with Gasteiger partial charge in [0, 0.05) is 23.5 Å². The fourth-order valence-corrected chi connectivity index (χ4v) is 3.67. The first-order chi connectivity index (χ1) is 11.2. The smallest absolute Gasteiger partial charge is 0.122 e. The summed E-state index contributed by atoms with van der Waals surface area (Å²) < 4.78 is 10.5. The molecule has 4 nitrogen and oxygen atoms in total. The van der Waals surface area contributed by atoms with E-state index in [1.807, 2.05) is 18.2 Å². The molecule has 2 unspecified atom stereocenters. The Balaban J connectivity index is 1.67. The number of nitrogens with one attached hydrogen (secondary N) is 1. The van der Waals surface area contributed by atoms with Gasteiger partial charge in [0.15, 0.2) is 0 Å². The van der Waals surface area contributed by atoms with Gasteiger partial charge in [0.1, 0.15) is 11.5 Å². The van der Waals surface area contributed by atoms with Crippen molar-refractivity contribution < 1.29 is 14.6 Å². The molecule has 124 valence electrons. The normalized spacial score (nSPS) is 16.8. The third kappa shape index (κ3) is 4.05. The minimum absolute atomic E-state index is 0.345. The largest absolute Gasteiger partial charge is 0.497 e. The van der Waals surface area contributed by atoms with E-state index in [0.29, 0.717) is 30.0 Å². The minimum atomic E-state index is -0.597. The van der Waals surface area contributed by atoms with Gasteiger partial charge in [-0.15, -0.1) is 11.3 Å². The van der Waals surface area contributed by atoms with Crippen molar-refractivity contribution in [1.29, 1.82) is 0 Å². The molecule has 5 heteroatoms. The van der Waals surface area contributed by atoms with Gasteiger partial charge in [-0.3, -0.25) is 0 Å². The highest BCUT2D eigenvalue weighted by Gasteiger charge is 2.33. The van der Waals surface area contributed by atoms with Crippen LogP contribution in [-0.4, -0.2) is 25.9 Å². The van der Waals surface area contributed by atoms with Crippen LogP contribution in [0.15, 0.2) is 35.7 Å². The van der Waals surface area contributed by atoms with Gasteiger partial charge in [-0.1, -0.05) is 6.07 Å². The Labute approximate surface area is 141 Å². The first-order valence-electron chi connectivity index (χ1n) is 7.89. The van der Waals surface area contributed by atoms with Crippen LogP contribution in [0, 0.1) is 5.92 Å². The molecule has 2 N–H and O–H groups in total. The molecular formula is C18H23NO3S. The Morgan fingerprint density at radius 1 is 1.22 bits per heavy atom. The molecule has 1 aliphatic rings. The lowest BCUT2D eigenvalue weighted by Gasteiger charge is -2.20. The molecule has 1 saturated carbocycles. The van der Waals surface area contributed by atoms with Gasteiger partial charge in [-0.2, -0.15) is 0 Å². The summed E-state index contributed by atoms with van der Waals surface area (Å²) in [6.45, 7) is 0.509. The van der Waals surface area contributed by atoms with Crippen molar-refractivity contribution in [3.8, 4) is 11.5 Å². The molecule has 1 heterocycles. The van der Waals surface area contributed by atoms with E-state index < -0.39 is 6.10 Å². The van der Waals surface area contributed by atoms with E-state index in [0.717, 1.165) is 5.56 Å². The summed E-state index contributed by atoms with van der Waals surface area (Å²) in [5, 5.41) is 16.2. The summed E-state index contributed by atoms with van der Waals surface area (Å²) in [5.41, 5.74) is 0.800. The van der Waals surface area contributed by atoms with E-state index in [2.05, 4.69) is 22.8 Å². The number of methoxy groups -OCH3 is 2. The van der Waals surface area contributed by atoms with Gasteiger partial charge >= 0.3 is 0 Å². The van der Waals surface area contributed by atoms with Gasteiger partial charge in [0.05, 0.1) is 20.3 Å². The molecular weight excluding hydrogens is 310 g/mol. The van der Waals surface area contributed by atoms with Crippen LogP contribution in [0.4, 0.5) is 0 Å². The second-order valence-corrected chi connectivity index (χ2v) is 6.88. The molecule has 1 fully saturated rings. The van der Waals surface area contributed by atoms with Crippen molar-refractivity contribution in [3.63, 3.8) is 0 Å². The van der Waals surface area contributed by atoms with Gasteiger partial charge in [-0.25, -0.2) is 0 Å². The minimum Gasteiger partial charge on any atom is -0.497 e. The van der Waals surface area contributed by atoms with Crippen molar-refractivity contribution in [2.45, 2.75) is 25.0 Å². The van der Waals surface area contributed by atoms with E-state index in [1.165, 1.54) is 17.7 Å². The third-order valence-corrected chi connectivity index (χ3v) is 5.19. The first kappa shape index (κ1) is 16.3. The number of aliphatic hydroxyl groups is 1. The highest BCUT2D eigenvalue weighted by molar-refractivity contribution is 7.10. The lowest BCUT2D eigenvalue weighted by Crippen LogP contribution is -2.27. The number of hydrogen-bond donors (Lipinski definition) is 2. The van der Waals surface area contributed by atoms with E-state index >= 15 is 0 Å².